The maximum atomic E-state index is 9.76. The van der Waals surface area contributed by atoms with Crippen LogP contribution in [0, 0.1) is 0 Å². The predicted octanol–water partition coefficient (Wildman–Crippen LogP) is 15.9. The van der Waals surface area contributed by atoms with E-state index in [4.69, 9.17) is 0 Å². The van der Waals surface area contributed by atoms with Gasteiger partial charge >= 0.3 is 0 Å². The molecule has 266 valence electrons. The molecule has 0 spiro atoms. The van der Waals surface area contributed by atoms with Crippen molar-refractivity contribution in [2.45, 2.75) is 0 Å². The summed E-state index contributed by atoms with van der Waals surface area (Å²) in [5, 5.41) is 11.1. The fraction of sp³-hybridized carbons (Fsp3) is 0. The van der Waals surface area contributed by atoms with E-state index < -0.39 is 0 Å². The predicted molar refractivity (Wildman–Crippen MR) is 245 cm³/mol. The Morgan fingerprint density at radius 3 is 1.23 bits per heavy atom. The molecule has 11 aromatic carbocycles. The molecular formula is C56H37N. The van der Waals surface area contributed by atoms with E-state index in [1.807, 2.05) is 71.6 Å². The van der Waals surface area contributed by atoms with Crippen molar-refractivity contribution in [1.82, 2.24) is 0 Å². The van der Waals surface area contributed by atoms with Gasteiger partial charge in [0.15, 0.2) is 0 Å². The van der Waals surface area contributed by atoms with Gasteiger partial charge in [-0.3, -0.25) is 0 Å². The van der Waals surface area contributed by atoms with Gasteiger partial charge in [0.2, 0.25) is 0 Å². The summed E-state index contributed by atoms with van der Waals surface area (Å²) in [7, 11) is 0. The summed E-state index contributed by atoms with van der Waals surface area (Å²) >= 11 is 0. The SMILES string of the molecule is [2H]c1c([2H])c(N(c2cccc(-c3cc4ccccc4c4ccccc34)c2)c2cccc(-c3cc4ccccc4c4ccccc34)c2)c([2H])c([2H])c1-c1cccc2ccccc12. The van der Waals surface area contributed by atoms with Crippen LogP contribution in [0.4, 0.5) is 17.1 Å². The molecule has 0 radical (unpaired) electrons. The minimum absolute atomic E-state index is 0.0919. The fourth-order valence-corrected chi connectivity index (χ4v) is 8.61. The number of nitrogens with zero attached hydrogens (tertiary/aromatic N) is 1. The van der Waals surface area contributed by atoms with Gasteiger partial charge in [0, 0.05) is 17.1 Å². The van der Waals surface area contributed by atoms with Crippen molar-refractivity contribution in [3.63, 3.8) is 0 Å². The third-order valence-corrected chi connectivity index (χ3v) is 11.3. The zero-order valence-corrected chi connectivity index (χ0v) is 31.0. The van der Waals surface area contributed by atoms with E-state index in [2.05, 4.69) is 133 Å². The first-order valence-electron chi connectivity index (χ1n) is 21.3. The maximum absolute atomic E-state index is 9.76. The number of hydrogen-bond donors (Lipinski definition) is 0. The lowest BCUT2D eigenvalue weighted by Gasteiger charge is -2.27. The third-order valence-electron chi connectivity index (χ3n) is 11.3. The van der Waals surface area contributed by atoms with Gasteiger partial charge < -0.3 is 4.90 Å². The second-order valence-corrected chi connectivity index (χ2v) is 14.6. The molecule has 0 aliphatic carbocycles. The first-order chi connectivity index (χ1) is 29.9. The number of benzene rings is 11. The van der Waals surface area contributed by atoms with Gasteiger partial charge in [0.25, 0.3) is 0 Å². The lowest BCUT2D eigenvalue weighted by atomic mass is 9.92. The van der Waals surface area contributed by atoms with E-state index in [0.717, 1.165) is 65.3 Å². The minimum Gasteiger partial charge on any atom is -0.310 e. The Morgan fingerprint density at radius 2 is 0.684 bits per heavy atom. The zero-order valence-electron chi connectivity index (χ0n) is 35.0. The average molecular weight is 728 g/mol. The lowest BCUT2D eigenvalue weighted by Crippen LogP contribution is -2.10. The Hall–Kier alpha value is -7.48. The van der Waals surface area contributed by atoms with Crippen LogP contribution >= 0.6 is 0 Å². The Bertz CT molecular complexity index is 3360. The molecule has 0 amide bonds. The van der Waals surface area contributed by atoms with Crippen molar-refractivity contribution in [1.29, 1.82) is 0 Å². The molecule has 11 rings (SSSR count). The second-order valence-electron chi connectivity index (χ2n) is 14.6. The van der Waals surface area contributed by atoms with Crippen molar-refractivity contribution in [2.24, 2.45) is 0 Å². The van der Waals surface area contributed by atoms with E-state index in [9.17, 15) is 5.48 Å². The first kappa shape index (κ1) is 28.9. The Labute approximate surface area is 338 Å². The highest BCUT2D eigenvalue weighted by Crippen LogP contribution is 2.43. The molecule has 0 atom stereocenters. The fourth-order valence-electron chi connectivity index (χ4n) is 8.61. The Balaban J connectivity index is 1.16. The number of rotatable bonds is 6. The van der Waals surface area contributed by atoms with Gasteiger partial charge in [0.1, 0.15) is 0 Å². The summed E-state index contributed by atoms with van der Waals surface area (Å²) in [5.41, 5.74) is 6.65. The van der Waals surface area contributed by atoms with Crippen molar-refractivity contribution < 1.29 is 5.48 Å². The Morgan fingerprint density at radius 1 is 0.263 bits per heavy atom. The molecule has 1 nitrogen and oxygen atoms in total. The van der Waals surface area contributed by atoms with Crippen LogP contribution in [0.25, 0.3) is 87.2 Å². The first-order valence-corrected chi connectivity index (χ1v) is 19.3. The number of fused-ring (bicyclic) bond motifs is 7. The molecule has 0 saturated heterocycles. The molecule has 0 unspecified atom stereocenters. The zero-order chi connectivity index (χ0) is 41.2. The summed E-state index contributed by atoms with van der Waals surface area (Å²) in [6.07, 6.45) is 0. The van der Waals surface area contributed by atoms with Crippen LogP contribution in [-0.2, 0) is 0 Å². The van der Waals surface area contributed by atoms with Crippen molar-refractivity contribution in [3.8, 4) is 33.4 Å². The Kier molecular flexibility index (Phi) is 6.93. The van der Waals surface area contributed by atoms with Crippen LogP contribution in [0.15, 0.2) is 224 Å². The van der Waals surface area contributed by atoms with Gasteiger partial charge in [0.05, 0.1) is 5.48 Å². The quantitative estimate of drug-likeness (QED) is 0.154. The van der Waals surface area contributed by atoms with E-state index in [1.54, 1.807) is 0 Å². The van der Waals surface area contributed by atoms with E-state index >= 15 is 0 Å². The highest BCUT2D eigenvalue weighted by Gasteiger charge is 2.18. The molecule has 57 heavy (non-hydrogen) atoms. The van der Waals surface area contributed by atoms with Crippen LogP contribution in [0.2, 0.25) is 0 Å². The molecule has 0 aliphatic rings. The van der Waals surface area contributed by atoms with Crippen molar-refractivity contribution in [2.75, 3.05) is 4.90 Å². The van der Waals surface area contributed by atoms with Gasteiger partial charge in [-0.1, -0.05) is 176 Å². The van der Waals surface area contributed by atoms with Crippen molar-refractivity contribution >= 4 is 70.9 Å². The minimum atomic E-state index is -0.118. The highest BCUT2D eigenvalue weighted by atomic mass is 15.1. The van der Waals surface area contributed by atoms with E-state index in [1.165, 1.54) is 10.8 Å². The highest BCUT2D eigenvalue weighted by molar-refractivity contribution is 6.15. The monoisotopic (exact) mass is 727 g/mol. The van der Waals surface area contributed by atoms with Crippen molar-refractivity contribution in [3.05, 3.63) is 224 Å². The standard InChI is InChI=1S/C56H37N/c1-4-22-47-38(14-1)17-13-29-48(47)39-30-32-44(33-31-39)57(45-20-11-18-40(34-45)55-36-42-15-2-5-23-49(42)51-25-7-9-27-53(51)55)46-21-12-19-41(35-46)56-37-43-16-3-6-24-50(43)52-26-8-10-28-54(52)56/h1-37H/i30D,31D,32D,33D. The molecule has 0 N–H and O–H groups in total. The van der Waals surface area contributed by atoms with Crippen LogP contribution in [0.3, 0.4) is 0 Å². The topological polar surface area (TPSA) is 3.24 Å². The van der Waals surface area contributed by atoms with Crippen LogP contribution in [-0.4, -0.2) is 0 Å². The smallest absolute Gasteiger partial charge is 0.0645 e. The van der Waals surface area contributed by atoms with Gasteiger partial charge in [-0.15, -0.1) is 0 Å². The van der Waals surface area contributed by atoms with Gasteiger partial charge in [-0.2, -0.15) is 0 Å². The van der Waals surface area contributed by atoms with Crippen LogP contribution in [0.1, 0.15) is 5.48 Å². The maximum Gasteiger partial charge on any atom is 0.0645 e. The average Bonchev–Trinajstić information content (AvgIpc) is 3.32. The summed E-state index contributed by atoms with van der Waals surface area (Å²) in [6, 6.07) is 68.0. The largest absolute Gasteiger partial charge is 0.310 e. The molecule has 0 bridgehead atoms. The van der Waals surface area contributed by atoms with E-state index in [-0.39, 0.29) is 35.4 Å². The molecule has 0 fully saturated rings. The third kappa shape index (κ3) is 5.72. The summed E-state index contributed by atoms with van der Waals surface area (Å²) in [5.74, 6) is 0. The molecule has 1 heteroatoms. The number of hydrogen-bond acceptors (Lipinski definition) is 1. The molecule has 0 saturated carbocycles. The second kappa shape index (κ2) is 13.7. The lowest BCUT2D eigenvalue weighted by molar-refractivity contribution is 1.28. The van der Waals surface area contributed by atoms with Gasteiger partial charge in [-0.25, -0.2) is 0 Å². The number of anilines is 3. The summed E-state index contributed by atoms with van der Waals surface area (Å²) in [4.78, 5) is 1.91. The molecule has 0 aliphatic heterocycles. The molecule has 11 aromatic rings. The van der Waals surface area contributed by atoms with Crippen LogP contribution in [0.5, 0.6) is 0 Å². The van der Waals surface area contributed by atoms with Gasteiger partial charge in [-0.05, 0) is 136 Å². The molecule has 0 aromatic heterocycles. The molecular weight excluding hydrogens is 687 g/mol. The van der Waals surface area contributed by atoms with E-state index in [0.29, 0.717) is 16.9 Å². The van der Waals surface area contributed by atoms with Crippen LogP contribution < -0.4 is 4.90 Å². The normalized spacial score (nSPS) is 12.5. The summed E-state index contributed by atoms with van der Waals surface area (Å²) in [6.45, 7) is 0. The summed E-state index contributed by atoms with van der Waals surface area (Å²) < 4.78 is 38.7. The molecule has 0 heterocycles.